The molecule has 0 bridgehead atoms. The van der Waals surface area contributed by atoms with Gasteiger partial charge in [-0.15, -0.1) is 0 Å². The van der Waals surface area contributed by atoms with Crippen molar-refractivity contribution in [2.24, 2.45) is 0 Å². The van der Waals surface area contributed by atoms with E-state index in [0.29, 0.717) is 6.42 Å². The molecule has 3 heteroatoms. The van der Waals surface area contributed by atoms with Gasteiger partial charge in [-0.25, -0.2) is 0 Å². The first-order valence-corrected chi connectivity index (χ1v) is 4.97. The number of Topliss-reactive ketones (excluding diaryl/α,β-unsaturated/α-hetero) is 1. The Morgan fingerprint density at radius 1 is 1.50 bits per heavy atom. The number of hydrogen-bond donors (Lipinski definition) is 0. The quantitative estimate of drug-likeness (QED) is 0.666. The number of carbonyl (C=O) groups excluding carboxylic acids is 1. The molecule has 0 fully saturated rings. The lowest BCUT2D eigenvalue weighted by atomic mass is 10.2. The van der Waals surface area contributed by atoms with Gasteiger partial charge in [0.25, 0.3) is 0 Å². The van der Waals surface area contributed by atoms with E-state index in [1.54, 1.807) is 0 Å². The zero-order valence-corrected chi connectivity index (χ0v) is 9.16. The lowest BCUT2D eigenvalue weighted by molar-refractivity contribution is 0.0988. The van der Waals surface area contributed by atoms with Crippen molar-refractivity contribution in [3.05, 3.63) is 24.0 Å². The Balaban J connectivity index is 2.55. The first-order valence-electron chi connectivity index (χ1n) is 4.97. The fourth-order valence-corrected chi connectivity index (χ4v) is 1.26. The molecule has 0 aromatic carbocycles. The maximum absolute atomic E-state index is 11.3. The van der Waals surface area contributed by atoms with E-state index in [9.17, 15) is 4.79 Å². The standard InChI is InChI=1S/C11H18N2O/c1-4-11(14)10-5-6-13(9-10)8-7-12(2)3/h5-6,9H,4,7-8H2,1-3H3. The van der Waals surface area contributed by atoms with Gasteiger partial charge in [0, 0.05) is 37.5 Å². The van der Waals surface area contributed by atoms with Crippen LogP contribution in [0, 0.1) is 0 Å². The van der Waals surface area contributed by atoms with E-state index in [1.807, 2.05) is 39.5 Å². The molecule has 0 atom stereocenters. The third-order valence-electron chi connectivity index (χ3n) is 2.20. The third-order valence-corrected chi connectivity index (χ3v) is 2.20. The van der Waals surface area contributed by atoms with Gasteiger partial charge < -0.3 is 9.47 Å². The third kappa shape index (κ3) is 3.00. The summed E-state index contributed by atoms with van der Waals surface area (Å²) in [5.74, 6) is 0.216. The highest BCUT2D eigenvalue weighted by Gasteiger charge is 2.04. The molecule has 0 saturated carbocycles. The van der Waals surface area contributed by atoms with Crippen molar-refractivity contribution in [3.8, 4) is 0 Å². The van der Waals surface area contributed by atoms with Crippen LogP contribution in [0.3, 0.4) is 0 Å². The molecular weight excluding hydrogens is 176 g/mol. The van der Waals surface area contributed by atoms with Crippen LogP contribution in [-0.4, -0.2) is 35.9 Å². The van der Waals surface area contributed by atoms with Crippen LogP contribution in [0.4, 0.5) is 0 Å². The minimum Gasteiger partial charge on any atom is -0.352 e. The molecule has 0 spiro atoms. The second-order valence-corrected chi connectivity index (χ2v) is 3.72. The summed E-state index contributed by atoms with van der Waals surface area (Å²) in [6.07, 6.45) is 4.47. The van der Waals surface area contributed by atoms with Crippen molar-refractivity contribution < 1.29 is 4.79 Å². The Hall–Kier alpha value is -1.09. The topological polar surface area (TPSA) is 25.2 Å². The second-order valence-electron chi connectivity index (χ2n) is 3.72. The van der Waals surface area contributed by atoms with Crippen molar-refractivity contribution in [1.29, 1.82) is 0 Å². The molecule has 0 aliphatic carbocycles. The van der Waals surface area contributed by atoms with Crippen LogP contribution in [0.5, 0.6) is 0 Å². The van der Waals surface area contributed by atoms with Gasteiger partial charge in [0.1, 0.15) is 0 Å². The summed E-state index contributed by atoms with van der Waals surface area (Å²) in [7, 11) is 4.09. The highest BCUT2D eigenvalue weighted by molar-refractivity contribution is 5.95. The maximum Gasteiger partial charge on any atom is 0.164 e. The predicted molar refractivity (Wildman–Crippen MR) is 57.6 cm³/mol. The normalized spacial score (nSPS) is 10.9. The van der Waals surface area contributed by atoms with Gasteiger partial charge in [0.15, 0.2) is 5.78 Å². The summed E-state index contributed by atoms with van der Waals surface area (Å²) in [5, 5.41) is 0. The van der Waals surface area contributed by atoms with Crippen LogP contribution in [0.25, 0.3) is 0 Å². The van der Waals surface area contributed by atoms with Gasteiger partial charge in [-0.1, -0.05) is 6.92 Å². The first-order chi connectivity index (χ1) is 6.63. The Morgan fingerprint density at radius 3 is 2.79 bits per heavy atom. The average molecular weight is 194 g/mol. The van der Waals surface area contributed by atoms with Gasteiger partial charge in [0.05, 0.1) is 0 Å². The van der Waals surface area contributed by atoms with Gasteiger partial charge in [-0.3, -0.25) is 4.79 Å². The maximum atomic E-state index is 11.3. The van der Waals surface area contributed by atoms with Crippen molar-refractivity contribution >= 4 is 5.78 Å². The SMILES string of the molecule is CCC(=O)c1ccn(CCN(C)C)c1. The van der Waals surface area contributed by atoms with E-state index >= 15 is 0 Å². The minimum atomic E-state index is 0.216. The van der Waals surface area contributed by atoms with Crippen LogP contribution in [0.15, 0.2) is 18.5 Å². The zero-order valence-electron chi connectivity index (χ0n) is 9.16. The van der Waals surface area contributed by atoms with Crippen LogP contribution >= 0.6 is 0 Å². The Bertz CT molecular complexity index is 302. The molecule has 0 N–H and O–H groups in total. The van der Waals surface area contributed by atoms with Crippen molar-refractivity contribution in [2.45, 2.75) is 19.9 Å². The molecule has 1 aromatic rings. The number of ketones is 1. The van der Waals surface area contributed by atoms with Crippen LogP contribution < -0.4 is 0 Å². The number of hydrogen-bond acceptors (Lipinski definition) is 2. The van der Waals surface area contributed by atoms with Crippen LogP contribution in [-0.2, 0) is 6.54 Å². The van der Waals surface area contributed by atoms with Crippen LogP contribution in [0.1, 0.15) is 23.7 Å². The zero-order chi connectivity index (χ0) is 10.6. The van der Waals surface area contributed by atoms with Crippen molar-refractivity contribution in [3.63, 3.8) is 0 Å². The fourth-order valence-electron chi connectivity index (χ4n) is 1.26. The smallest absolute Gasteiger partial charge is 0.164 e. The Labute approximate surface area is 85.3 Å². The molecular formula is C11H18N2O. The fraction of sp³-hybridized carbons (Fsp3) is 0.545. The second kappa shape index (κ2) is 4.96. The number of likely N-dealkylation sites (N-methyl/N-ethyl adjacent to an activating group) is 1. The number of nitrogens with zero attached hydrogens (tertiary/aromatic N) is 2. The predicted octanol–water partition coefficient (Wildman–Crippen LogP) is 1.64. The van der Waals surface area contributed by atoms with Crippen molar-refractivity contribution in [2.75, 3.05) is 20.6 Å². The molecule has 0 aliphatic heterocycles. The monoisotopic (exact) mass is 194 g/mol. The lowest BCUT2D eigenvalue weighted by Crippen LogP contribution is -2.17. The summed E-state index contributed by atoms with van der Waals surface area (Å²) in [4.78, 5) is 13.5. The highest BCUT2D eigenvalue weighted by atomic mass is 16.1. The van der Waals surface area contributed by atoms with Gasteiger partial charge in [-0.05, 0) is 20.2 Å². The summed E-state index contributed by atoms with van der Waals surface area (Å²) >= 11 is 0. The summed E-state index contributed by atoms with van der Waals surface area (Å²) in [6, 6.07) is 1.89. The molecule has 0 saturated heterocycles. The molecule has 1 heterocycles. The molecule has 0 aliphatic rings. The summed E-state index contributed by atoms with van der Waals surface area (Å²) in [6.45, 7) is 3.82. The molecule has 78 valence electrons. The molecule has 0 amide bonds. The number of carbonyl (C=O) groups is 1. The van der Waals surface area contributed by atoms with E-state index in [0.717, 1.165) is 18.7 Å². The van der Waals surface area contributed by atoms with E-state index in [1.165, 1.54) is 0 Å². The minimum absolute atomic E-state index is 0.216. The van der Waals surface area contributed by atoms with Crippen LogP contribution in [0.2, 0.25) is 0 Å². The highest BCUT2D eigenvalue weighted by Crippen LogP contribution is 2.04. The summed E-state index contributed by atoms with van der Waals surface area (Å²) < 4.78 is 2.06. The van der Waals surface area contributed by atoms with Gasteiger partial charge in [0.2, 0.25) is 0 Å². The lowest BCUT2D eigenvalue weighted by Gasteiger charge is -2.09. The summed E-state index contributed by atoms with van der Waals surface area (Å²) in [5.41, 5.74) is 0.825. The first kappa shape index (κ1) is 11.0. The Morgan fingerprint density at radius 2 is 2.21 bits per heavy atom. The molecule has 0 radical (unpaired) electrons. The van der Waals surface area contributed by atoms with Gasteiger partial charge in [-0.2, -0.15) is 0 Å². The van der Waals surface area contributed by atoms with Crippen molar-refractivity contribution in [1.82, 2.24) is 9.47 Å². The van der Waals surface area contributed by atoms with Gasteiger partial charge >= 0.3 is 0 Å². The Kier molecular flexibility index (Phi) is 3.89. The van der Waals surface area contributed by atoms with E-state index in [-0.39, 0.29) is 5.78 Å². The molecule has 14 heavy (non-hydrogen) atoms. The van der Waals surface area contributed by atoms with E-state index in [2.05, 4.69) is 9.47 Å². The number of aromatic nitrogens is 1. The van der Waals surface area contributed by atoms with E-state index in [4.69, 9.17) is 0 Å². The molecule has 3 nitrogen and oxygen atoms in total. The molecule has 1 rings (SSSR count). The molecule has 0 unspecified atom stereocenters. The number of rotatable bonds is 5. The molecule has 1 aromatic heterocycles. The average Bonchev–Trinajstić information content (AvgIpc) is 2.62. The largest absolute Gasteiger partial charge is 0.352 e. The van der Waals surface area contributed by atoms with E-state index < -0.39 is 0 Å².